The number of halogens is 1. The molecule has 1 aliphatic heterocycles. The van der Waals surface area contributed by atoms with E-state index in [1.807, 2.05) is 29.2 Å². The molecule has 138 valence electrons. The summed E-state index contributed by atoms with van der Waals surface area (Å²) >= 11 is 0. The van der Waals surface area contributed by atoms with Gasteiger partial charge in [-0.3, -0.25) is 4.99 Å². The van der Waals surface area contributed by atoms with Crippen LogP contribution in [-0.2, 0) is 6.54 Å². The van der Waals surface area contributed by atoms with Crippen molar-refractivity contribution in [2.45, 2.75) is 19.0 Å². The molecule has 0 amide bonds. The smallest absolute Gasteiger partial charge is 0.191 e. The number of methoxy groups -OCH3 is 1. The van der Waals surface area contributed by atoms with Gasteiger partial charge in [-0.25, -0.2) is 9.37 Å². The Morgan fingerprint density at radius 3 is 3.04 bits per heavy atom. The number of benzene rings is 1. The van der Waals surface area contributed by atoms with Gasteiger partial charge in [0.25, 0.3) is 0 Å². The zero-order valence-electron chi connectivity index (χ0n) is 15.1. The van der Waals surface area contributed by atoms with Crippen LogP contribution in [0.3, 0.4) is 0 Å². The van der Waals surface area contributed by atoms with Crippen LogP contribution in [-0.4, -0.2) is 44.2 Å². The summed E-state index contributed by atoms with van der Waals surface area (Å²) in [5.74, 6) is 1.68. The molecule has 1 saturated heterocycles. The Balaban J connectivity index is 1.53. The lowest BCUT2D eigenvalue weighted by Crippen LogP contribution is -2.44. The Bertz CT molecular complexity index is 767. The van der Waals surface area contributed by atoms with Crippen molar-refractivity contribution >= 4 is 11.8 Å². The molecule has 3 rings (SSSR count). The number of aliphatic imine (C=N–C) groups is 1. The second-order valence-electron chi connectivity index (χ2n) is 6.16. The molecule has 7 heteroatoms. The van der Waals surface area contributed by atoms with Crippen LogP contribution in [0, 0.1) is 5.82 Å². The summed E-state index contributed by atoms with van der Waals surface area (Å²) in [6.07, 6.45) is 2.52. The molecule has 0 bridgehead atoms. The molecule has 1 unspecified atom stereocenters. The van der Waals surface area contributed by atoms with Crippen LogP contribution in [0.2, 0.25) is 0 Å². The van der Waals surface area contributed by atoms with E-state index < -0.39 is 0 Å². The highest BCUT2D eigenvalue weighted by Gasteiger charge is 2.25. The highest BCUT2D eigenvalue weighted by molar-refractivity contribution is 5.80. The number of hydrogen-bond donors (Lipinski definition) is 2. The van der Waals surface area contributed by atoms with Gasteiger partial charge in [0.15, 0.2) is 17.6 Å². The highest BCUT2D eigenvalue weighted by Crippen LogP contribution is 2.20. The van der Waals surface area contributed by atoms with Crippen molar-refractivity contribution in [3.63, 3.8) is 0 Å². The predicted octanol–water partition coefficient (Wildman–Crippen LogP) is 2.17. The van der Waals surface area contributed by atoms with Crippen molar-refractivity contribution in [3.05, 3.63) is 54.0 Å². The van der Waals surface area contributed by atoms with Gasteiger partial charge < -0.3 is 20.3 Å². The average molecular weight is 357 g/mol. The molecule has 0 radical (unpaired) electrons. The zero-order valence-corrected chi connectivity index (χ0v) is 15.1. The third kappa shape index (κ3) is 4.41. The molecule has 1 aliphatic rings. The number of pyridine rings is 1. The lowest BCUT2D eigenvalue weighted by molar-refractivity contribution is 0.414. The molecule has 1 fully saturated rings. The van der Waals surface area contributed by atoms with Gasteiger partial charge in [-0.05, 0) is 36.2 Å². The topological polar surface area (TPSA) is 61.8 Å². The van der Waals surface area contributed by atoms with E-state index >= 15 is 0 Å². The van der Waals surface area contributed by atoms with Crippen LogP contribution < -0.4 is 20.3 Å². The average Bonchev–Trinajstić information content (AvgIpc) is 3.14. The molecule has 2 N–H and O–H groups in total. The standard InChI is InChI=1S/C19H24FN5O/c1-21-19(23-12-14-5-3-6-16(11-14)26-2)24-15-8-10-25(13-15)18-17(20)7-4-9-22-18/h3-7,9,11,15H,8,10,12-13H2,1-2H3,(H2,21,23,24). The first-order chi connectivity index (χ1) is 12.7. The fourth-order valence-electron chi connectivity index (χ4n) is 3.04. The van der Waals surface area contributed by atoms with Gasteiger partial charge in [0, 0.05) is 38.9 Å². The van der Waals surface area contributed by atoms with Crippen molar-refractivity contribution in [2.24, 2.45) is 4.99 Å². The van der Waals surface area contributed by atoms with Crippen LogP contribution in [0.15, 0.2) is 47.6 Å². The molecule has 2 aromatic rings. The number of rotatable bonds is 5. The summed E-state index contributed by atoms with van der Waals surface area (Å²) in [6, 6.07) is 11.1. The summed E-state index contributed by atoms with van der Waals surface area (Å²) in [5, 5.41) is 6.70. The fraction of sp³-hybridized carbons (Fsp3) is 0.368. The third-order valence-corrected chi connectivity index (χ3v) is 4.39. The zero-order chi connectivity index (χ0) is 18.4. The maximum atomic E-state index is 13.9. The normalized spacial score (nSPS) is 17.3. The Morgan fingerprint density at radius 1 is 1.38 bits per heavy atom. The van der Waals surface area contributed by atoms with E-state index in [-0.39, 0.29) is 11.9 Å². The van der Waals surface area contributed by atoms with Crippen molar-refractivity contribution in [2.75, 3.05) is 32.1 Å². The van der Waals surface area contributed by atoms with Crippen LogP contribution in [0.4, 0.5) is 10.2 Å². The van der Waals surface area contributed by atoms with Gasteiger partial charge in [0.2, 0.25) is 0 Å². The SMILES string of the molecule is CN=C(NCc1cccc(OC)c1)NC1CCN(c2ncccc2F)C1. The molecule has 2 heterocycles. The lowest BCUT2D eigenvalue weighted by Gasteiger charge is -2.20. The first kappa shape index (κ1) is 18.0. The van der Waals surface area contributed by atoms with Crippen molar-refractivity contribution in [3.8, 4) is 5.75 Å². The Hall–Kier alpha value is -2.83. The second-order valence-corrected chi connectivity index (χ2v) is 6.16. The molecule has 26 heavy (non-hydrogen) atoms. The maximum Gasteiger partial charge on any atom is 0.191 e. The van der Waals surface area contributed by atoms with Crippen molar-refractivity contribution in [1.29, 1.82) is 0 Å². The number of ether oxygens (including phenoxy) is 1. The minimum Gasteiger partial charge on any atom is -0.497 e. The quantitative estimate of drug-likeness (QED) is 0.634. The fourth-order valence-corrected chi connectivity index (χ4v) is 3.04. The highest BCUT2D eigenvalue weighted by atomic mass is 19.1. The molecule has 0 aliphatic carbocycles. The Labute approximate surface area is 153 Å². The summed E-state index contributed by atoms with van der Waals surface area (Å²) in [6.45, 7) is 2.09. The molecule has 1 aromatic carbocycles. The van der Waals surface area contributed by atoms with E-state index in [9.17, 15) is 4.39 Å². The number of aromatic nitrogens is 1. The van der Waals surface area contributed by atoms with Crippen LogP contribution in [0.1, 0.15) is 12.0 Å². The van der Waals surface area contributed by atoms with E-state index in [2.05, 4.69) is 20.6 Å². The summed E-state index contributed by atoms with van der Waals surface area (Å²) in [5.41, 5.74) is 1.11. The lowest BCUT2D eigenvalue weighted by atomic mass is 10.2. The molecule has 0 spiro atoms. The summed E-state index contributed by atoms with van der Waals surface area (Å²) in [7, 11) is 3.40. The molecule has 6 nitrogen and oxygen atoms in total. The first-order valence-electron chi connectivity index (χ1n) is 8.65. The Morgan fingerprint density at radius 2 is 2.27 bits per heavy atom. The Kier molecular flexibility index (Phi) is 5.88. The van der Waals surface area contributed by atoms with Gasteiger partial charge in [0.05, 0.1) is 7.11 Å². The number of guanidine groups is 1. The van der Waals surface area contributed by atoms with E-state index in [4.69, 9.17) is 4.74 Å². The van der Waals surface area contributed by atoms with Crippen LogP contribution in [0.25, 0.3) is 0 Å². The predicted molar refractivity (Wildman–Crippen MR) is 101 cm³/mol. The van der Waals surface area contributed by atoms with Crippen molar-refractivity contribution in [1.82, 2.24) is 15.6 Å². The number of anilines is 1. The first-order valence-corrected chi connectivity index (χ1v) is 8.65. The van der Waals surface area contributed by atoms with Crippen molar-refractivity contribution < 1.29 is 9.13 Å². The minimum atomic E-state index is -0.284. The van der Waals surface area contributed by atoms with Gasteiger partial charge in [-0.2, -0.15) is 0 Å². The van der Waals surface area contributed by atoms with Gasteiger partial charge in [0.1, 0.15) is 5.75 Å². The van der Waals surface area contributed by atoms with E-state index in [0.717, 1.165) is 30.2 Å². The summed E-state index contributed by atoms with van der Waals surface area (Å²) < 4.78 is 19.1. The minimum absolute atomic E-state index is 0.188. The number of nitrogens with zero attached hydrogens (tertiary/aromatic N) is 3. The molecular weight excluding hydrogens is 333 g/mol. The van der Waals surface area contributed by atoms with E-state index in [1.165, 1.54) is 6.07 Å². The number of nitrogens with one attached hydrogen (secondary N) is 2. The molecular formula is C19H24FN5O. The number of hydrogen-bond acceptors (Lipinski definition) is 4. The molecule has 0 saturated carbocycles. The van der Waals surface area contributed by atoms with E-state index in [1.54, 1.807) is 26.4 Å². The summed E-state index contributed by atoms with van der Waals surface area (Å²) in [4.78, 5) is 10.4. The van der Waals surface area contributed by atoms with Gasteiger partial charge in [-0.15, -0.1) is 0 Å². The van der Waals surface area contributed by atoms with Gasteiger partial charge >= 0.3 is 0 Å². The third-order valence-electron chi connectivity index (χ3n) is 4.39. The van der Waals surface area contributed by atoms with Crippen LogP contribution >= 0.6 is 0 Å². The second kappa shape index (κ2) is 8.51. The molecule has 1 aromatic heterocycles. The van der Waals surface area contributed by atoms with E-state index in [0.29, 0.717) is 18.9 Å². The molecule has 1 atom stereocenters. The monoisotopic (exact) mass is 357 g/mol. The van der Waals surface area contributed by atoms with Crippen LogP contribution in [0.5, 0.6) is 5.75 Å². The largest absolute Gasteiger partial charge is 0.497 e. The maximum absolute atomic E-state index is 13.9. The van der Waals surface area contributed by atoms with Gasteiger partial charge in [-0.1, -0.05) is 12.1 Å².